The molecule has 1 rings (SSSR count). The van der Waals surface area contributed by atoms with Gasteiger partial charge in [0.2, 0.25) is 2.57 Å². The van der Waals surface area contributed by atoms with E-state index in [4.69, 9.17) is 10.7 Å². The van der Waals surface area contributed by atoms with Crippen LogP contribution < -0.4 is 0 Å². The molecule has 0 saturated carbocycles. The lowest BCUT2D eigenvalue weighted by Crippen LogP contribution is -2.17. The molecule has 2 nitrogen and oxygen atoms in total. The smallest absolute Gasteiger partial charge is 0.209 e. The predicted molar refractivity (Wildman–Crippen MR) is 60.7 cm³/mol. The highest BCUT2D eigenvalue weighted by atomic mass is 79.9. The van der Waals surface area contributed by atoms with Gasteiger partial charge in [-0.15, -0.1) is 0 Å². The summed E-state index contributed by atoms with van der Waals surface area (Å²) in [5.41, 5.74) is 0.532. The number of hydrogen-bond donors (Lipinski definition) is 0. The van der Waals surface area contributed by atoms with Crippen molar-refractivity contribution in [3.63, 3.8) is 0 Å². The van der Waals surface area contributed by atoms with E-state index in [1.54, 1.807) is 30.3 Å². The number of halogens is 3. The normalized spacial score (nSPS) is 12.8. The monoisotopic (exact) mass is 346 g/mol. The quantitative estimate of drug-likeness (QED) is 0.608. The molecule has 6 heteroatoms. The first-order chi connectivity index (χ1) is 5.86. The highest BCUT2D eigenvalue weighted by Crippen LogP contribution is 2.45. The first-order valence-electron chi connectivity index (χ1n) is 3.23. The molecular weight excluding hydrogens is 343 g/mol. The van der Waals surface area contributed by atoms with E-state index in [0.29, 0.717) is 5.56 Å². The number of hydrogen-bond acceptors (Lipinski definition) is 2. The fraction of sp³-hybridized carbons (Fsp3) is 0.143. The van der Waals surface area contributed by atoms with Gasteiger partial charge in [-0.05, 0) is 37.4 Å². The molecule has 0 bridgehead atoms. The molecule has 0 amide bonds. The highest BCUT2D eigenvalue weighted by molar-refractivity contribution is 9.27. The van der Waals surface area contributed by atoms with E-state index < -0.39 is 11.6 Å². The fourth-order valence-electron chi connectivity index (χ4n) is 0.773. The lowest BCUT2D eigenvalue weighted by atomic mass is 10.2. The molecule has 0 fully saturated rings. The number of benzene rings is 1. The first-order valence-corrected chi connectivity index (χ1v) is 7.13. The van der Waals surface area contributed by atoms with Crippen molar-refractivity contribution >= 4 is 51.6 Å². The van der Waals surface area contributed by atoms with Gasteiger partial charge in [-0.25, -0.2) is 8.42 Å². The van der Waals surface area contributed by atoms with Crippen molar-refractivity contribution in [2.24, 2.45) is 0 Å². The lowest BCUT2D eigenvalue weighted by molar-refractivity contribution is 0.606. The maximum Gasteiger partial charge on any atom is 0.262 e. The van der Waals surface area contributed by atoms with E-state index in [1.165, 1.54) is 0 Å². The molecule has 0 aliphatic rings. The van der Waals surface area contributed by atoms with E-state index in [2.05, 4.69) is 31.9 Å². The third kappa shape index (κ3) is 2.46. The van der Waals surface area contributed by atoms with Crippen molar-refractivity contribution in [3.05, 3.63) is 35.9 Å². The van der Waals surface area contributed by atoms with Crippen molar-refractivity contribution in [1.29, 1.82) is 0 Å². The summed E-state index contributed by atoms with van der Waals surface area (Å²) < 4.78 is 20.8. The van der Waals surface area contributed by atoms with Crippen LogP contribution in [0, 0.1) is 0 Å². The van der Waals surface area contributed by atoms with Crippen LogP contribution in [-0.2, 0) is 11.6 Å². The van der Waals surface area contributed by atoms with Gasteiger partial charge in [-0.1, -0.05) is 30.3 Å². The zero-order valence-corrected chi connectivity index (χ0v) is 11.0. The second kappa shape index (κ2) is 3.88. The summed E-state index contributed by atoms with van der Waals surface area (Å²) in [6.07, 6.45) is 0. The topological polar surface area (TPSA) is 34.1 Å². The summed E-state index contributed by atoms with van der Waals surface area (Å²) in [6, 6.07) is 8.57. The van der Waals surface area contributed by atoms with Crippen LogP contribution in [0.2, 0.25) is 0 Å². The van der Waals surface area contributed by atoms with Crippen molar-refractivity contribution in [3.8, 4) is 0 Å². The van der Waals surface area contributed by atoms with Crippen LogP contribution in [0.15, 0.2) is 30.3 Å². The Morgan fingerprint density at radius 2 is 1.62 bits per heavy atom. The largest absolute Gasteiger partial charge is 0.262 e. The Morgan fingerprint density at radius 1 is 1.15 bits per heavy atom. The summed E-state index contributed by atoms with van der Waals surface area (Å²) >= 11 is 6.01. The molecule has 0 radical (unpaired) electrons. The minimum absolute atomic E-state index is 0.532. The molecule has 0 atom stereocenters. The van der Waals surface area contributed by atoms with E-state index >= 15 is 0 Å². The van der Waals surface area contributed by atoms with Gasteiger partial charge < -0.3 is 0 Å². The SMILES string of the molecule is O=S(=O)(Cl)C(Br)(Br)c1ccccc1. The summed E-state index contributed by atoms with van der Waals surface area (Å²) in [5.74, 6) is 0. The highest BCUT2D eigenvalue weighted by Gasteiger charge is 2.39. The predicted octanol–water partition coefficient (Wildman–Crippen LogP) is 3.16. The fourth-order valence-corrected chi connectivity index (χ4v) is 1.99. The van der Waals surface area contributed by atoms with Crippen molar-refractivity contribution in [2.45, 2.75) is 2.57 Å². The van der Waals surface area contributed by atoms with Crippen molar-refractivity contribution in [2.75, 3.05) is 0 Å². The van der Waals surface area contributed by atoms with Gasteiger partial charge in [0.1, 0.15) is 0 Å². The van der Waals surface area contributed by atoms with Crippen LogP contribution in [0.3, 0.4) is 0 Å². The maximum atomic E-state index is 11.1. The lowest BCUT2D eigenvalue weighted by Gasteiger charge is -2.16. The molecule has 0 aliphatic heterocycles. The van der Waals surface area contributed by atoms with Crippen molar-refractivity contribution in [1.82, 2.24) is 0 Å². The summed E-state index contributed by atoms with van der Waals surface area (Å²) in [7, 11) is 1.49. The standard InChI is InChI=1S/C7H5Br2ClO2S/c8-7(9,13(10,11)12)6-4-2-1-3-5-6/h1-5H. The van der Waals surface area contributed by atoms with Gasteiger partial charge >= 0.3 is 0 Å². The Bertz CT molecular complexity index is 388. The average Bonchev–Trinajstić information content (AvgIpc) is 2.04. The van der Waals surface area contributed by atoms with Gasteiger partial charge in [0.15, 0.2) is 0 Å². The molecule has 13 heavy (non-hydrogen) atoms. The van der Waals surface area contributed by atoms with Crippen LogP contribution in [0.5, 0.6) is 0 Å². The number of rotatable bonds is 2. The second-order valence-corrected chi connectivity index (χ2v) is 9.52. The molecule has 1 aromatic rings. The molecule has 0 unspecified atom stereocenters. The van der Waals surface area contributed by atoms with Crippen LogP contribution in [0.1, 0.15) is 5.56 Å². The van der Waals surface area contributed by atoms with Crippen LogP contribution in [0.25, 0.3) is 0 Å². The van der Waals surface area contributed by atoms with Crippen LogP contribution in [-0.4, -0.2) is 8.42 Å². The van der Waals surface area contributed by atoms with Gasteiger partial charge in [0, 0.05) is 10.7 Å². The minimum Gasteiger partial charge on any atom is -0.209 e. The van der Waals surface area contributed by atoms with E-state index in [0.717, 1.165) is 0 Å². The molecule has 0 aromatic heterocycles. The average molecular weight is 348 g/mol. The van der Waals surface area contributed by atoms with Crippen molar-refractivity contribution < 1.29 is 8.42 Å². The molecule has 0 heterocycles. The number of alkyl halides is 2. The minimum atomic E-state index is -3.75. The Hall–Kier alpha value is 0.420. The van der Waals surface area contributed by atoms with Gasteiger partial charge in [-0.2, -0.15) is 0 Å². The first kappa shape index (κ1) is 11.5. The Morgan fingerprint density at radius 3 is 2.00 bits per heavy atom. The molecule has 0 aliphatic carbocycles. The van der Waals surface area contributed by atoms with E-state index in [-0.39, 0.29) is 0 Å². The summed E-state index contributed by atoms with van der Waals surface area (Å²) in [6.45, 7) is 0. The Kier molecular flexibility index (Phi) is 3.43. The summed E-state index contributed by atoms with van der Waals surface area (Å²) in [4.78, 5) is 0. The molecule has 0 N–H and O–H groups in total. The molecule has 1 aromatic carbocycles. The Labute approximate surface area is 98.0 Å². The van der Waals surface area contributed by atoms with E-state index in [1.807, 2.05) is 0 Å². The Balaban J connectivity index is 3.24. The van der Waals surface area contributed by atoms with Gasteiger partial charge in [-0.3, -0.25) is 0 Å². The third-order valence-corrected chi connectivity index (χ3v) is 7.55. The van der Waals surface area contributed by atoms with Gasteiger partial charge in [0.25, 0.3) is 9.05 Å². The molecule has 72 valence electrons. The molecule has 0 spiro atoms. The van der Waals surface area contributed by atoms with E-state index in [9.17, 15) is 8.42 Å². The molecule has 0 saturated heterocycles. The zero-order chi connectivity index (χ0) is 10.1. The molecular formula is C7H5Br2ClO2S. The second-order valence-electron chi connectivity index (χ2n) is 2.32. The zero-order valence-electron chi connectivity index (χ0n) is 6.25. The van der Waals surface area contributed by atoms with Crippen LogP contribution >= 0.6 is 42.5 Å². The maximum absolute atomic E-state index is 11.1. The third-order valence-electron chi connectivity index (χ3n) is 1.42. The summed E-state index contributed by atoms with van der Waals surface area (Å²) in [5, 5.41) is 0. The van der Waals surface area contributed by atoms with Gasteiger partial charge in [0.05, 0.1) is 0 Å². The van der Waals surface area contributed by atoms with Crippen LogP contribution in [0.4, 0.5) is 0 Å².